The summed E-state index contributed by atoms with van der Waals surface area (Å²) >= 11 is 0. The fourth-order valence-corrected chi connectivity index (χ4v) is 3.57. The van der Waals surface area contributed by atoms with E-state index < -0.39 is 23.7 Å². The van der Waals surface area contributed by atoms with E-state index in [1.165, 1.54) is 0 Å². The van der Waals surface area contributed by atoms with Gasteiger partial charge in [-0.1, -0.05) is 91.0 Å². The van der Waals surface area contributed by atoms with E-state index in [0.717, 1.165) is 16.7 Å². The van der Waals surface area contributed by atoms with Gasteiger partial charge < -0.3 is 15.8 Å². The highest BCUT2D eigenvalue weighted by molar-refractivity contribution is 5.95. The van der Waals surface area contributed by atoms with Crippen LogP contribution in [0.2, 0.25) is 0 Å². The number of carbonyl (C=O) groups excluding carboxylic acids is 2. The maximum atomic E-state index is 13.0. The standard InChI is InChI=1S/C23H20N2O3/c24-21(26)19-20(28-19)22(27)25-23(16-10-4-1-5-11-16,17-12-6-2-7-13-17)18-14-8-3-9-15-18/h1-15,19-20H,(H2,24,26)(H,25,27). The quantitative estimate of drug-likeness (QED) is 0.515. The molecule has 1 aliphatic rings. The van der Waals surface area contributed by atoms with Gasteiger partial charge in [0.25, 0.3) is 5.91 Å². The Kier molecular flexibility index (Phi) is 4.67. The maximum Gasteiger partial charge on any atom is 0.253 e. The minimum Gasteiger partial charge on any atom is -0.367 e. The monoisotopic (exact) mass is 372 g/mol. The summed E-state index contributed by atoms with van der Waals surface area (Å²) in [7, 11) is 0. The minimum absolute atomic E-state index is 0.375. The van der Waals surface area contributed by atoms with Crippen molar-refractivity contribution in [1.29, 1.82) is 0 Å². The van der Waals surface area contributed by atoms with E-state index in [2.05, 4.69) is 5.32 Å². The third kappa shape index (κ3) is 3.17. The topological polar surface area (TPSA) is 84.7 Å². The van der Waals surface area contributed by atoms with Crippen molar-refractivity contribution in [2.45, 2.75) is 17.7 Å². The van der Waals surface area contributed by atoms with Gasteiger partial charge in [0, 0.05) is 0 Å². The first-order chi connectivity index (χ1) is 13.6. The highest BCUT2D eigenvalue weighted by Gasteiger charge is 2.51. The van der Waals surface area contributed by atoms with Gasteiger partial charge in [-0.05, 0) is 16.7 Å². The van der Waals surface area contributed by atoms with Gasteiger partial charge in [-0.25, -0.2) is 0 Å². The lowest BCUT2D eigenvalue weighted by Gasteiger charge is -2.36. The lowest BCUT2D eigenvalue weighted by Crippen LogP contribution is -2.50. The largest absolute Gasteiger partial charge is 0.367 e. The summed E-state index contributed by atoms with van der Waals surface area (Å²) in [5.74, 6) is -1.01. The van der Waals surface area contributed by atoms with Crippen molar-refractivity contribution in [2.24, 2.45) is 5.73 Å². The van der Waals surface area contributed by atoms with Crippen molar-refractivity contribution in [3.05, 3.63) is 108 Å². The fourth-order valence-electron chi connectivity index (χ4n) is 3.57. The van der Waals surface area contributed by atoms with E-state index in [1.807, 2.05) is 91.0 Å². The Balaban J connectivity index is 1.86. The van der Waals surface area contributed by atoms with Gasteiger partial charge in [0.15, 0.2) is 12.2 Å². The Morgan fingerprint density at radius 3 is 1.43 bits per heavy atom. The molecule has 0 spiro atoms. The second-order valence-electron chi connectivity index (χ2n) is 6.72. The number of carbonyl (C=O) groups is 2. The van der Waals surface area contributed by atoms with Crippen LogP contribution in [0.3, 0.4) is 0 Å². The van der Waals surface area contributed by atoms with E-state index in [4.69, 9.17) is 10.5 Å². The summed E-state index contributed by atoms with van der Waals surface area (Å²) in [4.78, 5) is 24.4. The van der Waals surface area contributed by atoms with Crippen molar-refractivity contribution in [2.75, 3.05) is 0 Å². The number of hydrogen-bond acceptors (Lipinski definition) is 3. The molecule has 5 heteroatoms. The van der Waals surface area contributed by atoms with Crippen LogP contribution < -0.4 is 11.1 Å². The molecule has 2 unspecified atom stereocenters. The molecule has 1 aliphatic heterocycles. The Hall–Kier alpha value is -3.44. The van der Waals surface area contributed by atoms with E-state index in [0.29, 0.717) is 0 Å². The number of benzene rings is 3. The number of nitrogens with one attached hydrogen (secondary N) is 1. The van der Waals surface area contributed by atoms with Crippen molar-refractivity contribution < 1.29 is 14.3 Å². The zero-order valence-corrected chi connectivity index (χ0v) is 15.1. The molecule has 0 radical (unpaired) electrons. The van der Waals surface area contributed by atoms with Crippen LogP contribution >= 0.6 is 0 Å². The van der Waals surface area contributed by atoms with Crippen LogP contribution in [0, 0.1) is 0 Å². The molecule has 2 amide bonds. The van der Waals surface area contributed by atoms with Crippen LogP contribution in [0.5, 0.6) is 0 Å². The van der Waals surface area contributed by atoms with Crippen molar-refractivity contribution in [3.63, 3.8) is 0 Å². The lowest BCUT2D eigenvalue weighted by atomic mass is 9.77. The Morgan fingerprint density at radius 2 is 1.11 bits per heavy atom. The molecule has 0 saturated carbocycles. The third-order valence-electron chi connectivity index (χ3n) is 4.96. The summed E-state index contributed by atoms with van der Waals surface area (Å²) in [6, 6.07) is 29.2. The number of ether oxygens (including phenoxy) is 1. The van der Waals surface area contributed by atoms with E-state index in [-0.39, 0.29) is 5.91 Å². The van der Waals surface area contributed by atoms with Crippen LogP contribution in [0.4, 0.5) is 0 Å². The van der Waals surface area contributed by atoms with Gasteiger partial charge >= 0.3 is 0 Å². The number of rotatable bonds is 6. The highest BCUT2D eigenvalue weighted by atomic mass is 16.6. The molecule has 1 fully saturated rings. The van der Waals surface area contributed by atoms with Crippen LogP contribution in [-0.4, -0.2) is 24.0 Å². The predicted molar refractivity (Wildman–Crippen MR) is 105 cm³/mol. The number of amides is 2. The summed E-state index contributed by atoms with van der Waals surface area (Å²) < 4.78 is 5.21. The van der Waals surface area contributed by atoms with Gasteiger partial charge in [0.05, 0.1) is 0 Å². The number of nitrogens with two attached hydrogens (primary N) is 1. The van der Waals surface area contributed by atoms with Crippen LogP contribution in [0.1, 0.15) is 16.7 Å². The lowest BCUT2D eigenvalue weighted by molar-refractivity contribution is -0.124. The van der Waals surface area contributed by atoms with Crippen molar-refractivity contribution in [1.82, 2.24) is 5.32 Å². The molecule has 1 heterocycles. The Morgan fingerprint density at radius 1 is 0.714 bits per heavy atom. The molecule has 0 aliphatic carbocycles. The normalized spacial score (nSPS) is 18.3. The van der Waals surface area contributed by atoms with Crippen LogP contribution in [0.15, 0.2) is 91.0 Å². The number of epoxide rings is 1. The van der Waals surface area contributed by atoms with E-state index in [1.54, 1.807) is 0 Å². The molecular weight excluding hydrogens is 352 g/mol. The first-order valence-electron chi connectivity index (χ1n) is 9.06. The van der Waals surface area contributed by atoms with Crippen molar-refractivity contribution >= 4 is 11.8 Å². The van der Waals surface area contributed by atoms with Crippen LogP contribution in [0.25, 0.3) is 0 Å². The first kappa shape index (κ1) is 17.9. The van der Waals surface area contributed by atoms with Gasteiger partial charge in [0.2, 0.25) is 5.91 Å². The first-order valence-corrected chi connectivity index (χ1v) is 9.06. The fraction of sp³-hybridized carbons (Fsp3) is 0.130. The zero-order valence-electron chi connectivity index (χ0n) is 15.1. The molecule has 0 bridgehead atoms. The van der Waals surface area contributed by atoms with Gasteiger partial charge in [0.1, 0.15) is 5.54 Å². The summed E-state index contributed by atoms with van der Waals surface area (Å²) in [5, 5.41) is 3.15. The molecular formula is C23H20N2O3. The summed E-state index contributed by atoms with van der Waals surface area (Å²) in [5.41, 5.74) is 7.04. The average Bonchev–Trinajstić information content (AvgIpc) is 3.55. The van der Waals surface area contributed by atoms with E-state index in [9.17, 15) is 9.59 Å². The molecule has 4 rings (SSSR count). The predicted octanol–water partition coefficient (Wildman–Crippen LogP) is 2.35. The van der Waals surface area contributed by atoms with Gasteiger partial charge in [-0.3, -0.25) is 9.59 Å². The summed E-state index contributed by atoms with van der Waals surface area (Å²) in [6.45, 7) is 0. The van der Waals surface area contributed by atoms with E-state index >= 15 is 0 Å². The molecule has 140 valence electrons. The Labute approximate surface area is 163 Å². The Bertz CT molecular complexity index is 878. The third-order valence-corrected chi connectivity index (χ3v) is 4.96. The maximum absolute atomic E-state index is 13.0. The average molecular weight is 372 g/mol. The molecule has 3 aromatic carbocycles. The molecule has 1 saturated heterocycles. The van der Waals surface area contributed by atoms with Crippen molar-refractivity contribution in [3.8, 4) is 0 Å². The smallest absolute Gasteiger partial charge is 0.253 e. The second-order valence-corrected chi connectivity index (χ2v) is 6.72. The molecule has 2 atom stereocenters. The van der Waals surface area contributed by atoms with Gasteiger partial charge in [-0.15, -0.1) is 0 Å². The number of hydrogen-bond donors (Lipinski definition) is 2. The zero-order chi connectivity index (χ0) is 19.6. The molecule has 28 heavy (non-hydrogen) atoms. The SMILES string of the molecule is NC(=O)C1OC1C(=O)NC(c1ccccc1)(c1ccccc1)c1ccccc1. The second kappa shape index (κ2) is 7.29. The molecule has 3 aromatic rings. The molecule has 3 N–H and O–H groups in total. The summed E-state index contributed by atoms with van der Waals surface area (Å²) in [6.07, 6.45) is -1.74. The highest BCUT2D eigenvalue weighted by Crippen LogP contribution is 2.37. The molecule has 0 aromatic heterocycles. The molecule has 5 nitrogen and oxygen atoms in total. The van der Waals surface area contributed by atoms with Crippen LogP contribution in [-0.2, 0) is 19.9 Å². The minimum atomic E-state index is -0.936. The van der Waals surface area contributed by atoms with Gasteiger partial charge in [-0.2, -0.15) is 0 Å². The number of primary amides is 1.